The van der Waals surface area contributed by atoms with Gasteiger partial charge in [0.15, 0.2) is 5.96 Å². The summed E-state index contributed by atoms with van der Waals surface area (Å²) in [5, 5.41) is 9.18. The molecule has 3 N–H and O–H groups in total. The Hall–Kier alpha value is -2.29. The maximum Gasteiger partial charge on any atom is 0.251 e. The second-order valence-corrected chi connectivity index (χ2v) is 6.55. The third kappa shape index (κ3) is 8.31. The lowest BCUT2D eigenvalue weighted by molar-refractivity contribution is 0.0963. The van der Waals surface area contributed by atoms with Crippen molar-refractivity contribution in [3.63, 3.8) is 0 Å². The maximum atomic E-state index is 11.6. The predicted octanol–water partition coefficient (Wildman–Crippen LogP) is 3.50. The lowest BCUT2D eigenvalue weighted by Gasteiger charge is -2.18. The van der Waals surface area contributed by atoms with E-state index in [0.29, 0.717) is 18.7 Å². The van der Waals surface area contributed by atoms with Crippen LogP contribution in [0.3, 0.4) is 0 Å². The van der Waals surface area contributed by atoms with E-state index in [4.69, 9.17) is 4.74 Å². The average Bonchev–Trinajstić information content (AvgIpc) is 2.71. The minimum atomic E-state index is -0.0901. The molecule has 2 rings (SSSR count). The summed E-state index contributed by atoms with van der Waals surface area (Å²) in [6.45, 7) is 8.03. The molecule has 0 radical (unpaired) electrons. The molecule has 158 valence electrons. The van der Waals surface area contributed by atoms with Crippen molar-refractivity contribution in [1.29, 1.82) is 0 Å². The number of nitrogens with one attached hydrogen (secondary N) is 3. The Morgan fingerprint density at radius 2 is 1.79 bits per heavy atom. The van der Waals surface area contributed by atoms with E-state index in [1.165, 1.54) is 0 Å². The molecule has 0 spiro atoms. The number of rotatable bonds is 8. The number of hydrogen-bond donors (Lipinski definition) is 3. The van der Waals surface area contributed by atoms with Crippen LogP contribution in [0.15, 0.2) is 53.5 Å². The number of ether oxygens (including phenoxy) is 1. The van der Waals surface area contributed by atoms with Gasteiger partial charge in [0.1, 0.15) is 11.9 Å². The molecule has 2 aromatic carbocycles. The van der Waals surface area contributed by atoms with E-state index >= 15 is 0 Å². The van der Waals surface area contributed by atoms with Gasteiger partial charge in [0.25, 0.3) is 5.91 Å². The smallest absolute Gasteiger partial charge is 0.251 e. The first-order valence-corrected chi connectivity index (χ1v) is 9.59. The summed E-state index contributed by atoms with van der Waals surface area (Å²) in [5.41, 5.74) is 2.80. The molecule has 0 aliphatic rings. The minimum absolute atomic E-state index is 0. The fourth-order valence-corrected chi connectivity index (χ4v) is 2.61. The van der Waals surface area contributed by atoms with Crippen molar-refractivity contribution in [2.75, 3.05) is 20.1 Å². The molecule has 0 aromatic heterocycles. The van der Waals surface area contributed by atoms with Gasteiger partial charge in [-0.05, 0) is 50.1 Å². The molecule has 1 atom stereocenters. The normalized spacial score (nSPS) is 11.8. The van der Waals surface area contributed by atoms with E-state index in [2.05, 4.69) is 20.9 Å². The monoisotopic (exact) mass is 510 g/mol. The van der Waals surface area contributed by atoms with Crippen LogP contribution in [0.1, 0.15) is 35.3 Å². The van der Waals surface area contributed by atoms with E-state index in [1.54, 1.807) is 7.05 Å². The Balaban J connectivity index is 0.00000420. The van der Waals surface area contributed by atoms with E-state index in [1.807, 2.05) is 69.3 Å². The predicted molar refractivity (Wildman–Crippen MR) is 129 cm³/mol. The molecule has 7 heteroatoms. The highest BCUT2D eigenvalue weighted by Gasteiger charge is 2.07. The molecule has 0 bridgehead atoms. The third-order valence-electron chi connectivity index (χ3n) is 4.19. The van der Waals surface area contributed by atoms with Gasteiger partial charge in [0.2, 0.25) is 0 Å². The summed E-state index contributed by atoms with van der Waals surface area (Å²) in [6, 6.07) is 15.4. The van der Waals surface area contributed by atoms with E-state index < -0.39 is 0 Å². The van der Waals surface area contributed by atoms with Crippen LogP contribution in [0.2, 0.25) is 0 Å². The Labute approximate surface area is 190 Å². The van der Waals surface area contributed by atoms with Crippen LogP contribution in [0, 0.1) is 6.92 Å². The zero-order valence-electron chi connectivity index (χ0n) is 17.5. The number of benzene rings is 2. The molecule has 0 fully saturated rings. The van der Waals surface area contributed by atoms with E-state index in [0.717, 1.165) is 29.4 Å². The summed E-state index contributed by atoms with van der Waals surface area (Å²) in [5.74, 6) is 1.54. The second kappa shape index (κ2) is 13.0. The number of amides is 1. The quantitative estimate of drug-likeness (QED) is 0.289. The SMILES string of the molecule is CCNC(=NCc1ccc(C(=O)NC)cc1)NCC(C)Oc1ccccc1C.I. The molecule has 2 aromatic rings. The van der Waals surface area contributed by atoms with Gasteiger partial charge in [0, 0.05) is 19.2 Å². The number of guanidine groups is 1. The van der Waals surface area contributed by atoms with Gasteiger partial charge in [-0.3, -0.25) is 4.79 Å². The minimum Gasteiger partial charge on any atom is -0.489 e. The maximum absolute atomic E-state index is 11.6. The number of aryl methyl sites for hydroxylation is 1. The van der Waals surface area contributed by atoms with Crippen LogP contribution in [0.5, 0.6) is 5.75 Å². The van der Waals surface area contributed by atoms with Gasteiger partial charge in [0.05, 0.1) is 13.1 Å². The number of para-hydroxylation sites is 1. The van der Waals surface area contributed by atoms with Crippen LogP contribution in [-0.2, 0) is 6.54 Å². The number of halogens is 1. The van der Waals surface area contributed by atoms with Gasteiger partial charge in [-0.15, -0.1) is 24.0 Å². The molecule has 0 aliphatic heterocycles. The van der Waals surface area contributed by atoms with Crippen LogP contribution >= 0.6 is 24.0 Å². The summed E-state index contributed by atoms with van der Waals surface area (Å²) in [6.07, 6.45) is -0.00297. The zero-order chi connectivity index (χ0) is 20.4. The number of hydrogen-bond acceptors (Lipinski definition) is 3. The zero-order valence-corrected chi connectivity index (χ0v) is 19.8. The van der Waals surface area contributed by atoms with E-state index in [-0.39, 0.29) is 36.0 Å². The van der Waals surface area contributed by atoms with Gasteiger partial charge < -0.3 is 20.7 Å². The molecule has 0 saturated heterocycles. The number of carbonyl (C=O) groups is 1. The number of nitrogens with zero attached hydrogens (tertiary/aromatic N) is 1. The first-order chi connectivity index (χ1) is 13.5. The first-order valence-electron chi connectivity index (χ1n) is 9.59. The van der Waals surface area contributed by atoms with Crippen molar-refractivity contribution in [2.45, 2.75) is 33.4 Å². The van der Waals surface area contributed by atoms with Crippen LogP contribution in [0.25, 0.3) is 0 Å². The molecular weight excluding hydrogens is 479 g/mol. The molecule has 0 heterocycles. The van der Waals surface area contributed by atoms with Crippen molar-refractivity contribution in [3.8, 4) is 5.75 Å². The molecule has 6 nitrogen and oxygen atoms in total. The standard InChI is InChI=1S/C22H30N4O2.HI/c1-5-24-22(25-14-17(3)28-20-9-7-6-8-16(20)2)26-15-18-10-12-19(13-11-18)21(27)23-4;/h6-13,17H,5,14-15H2,1-4H3,(H,23,27)(H2,24,25,26);1H. The summed E-state index contributed by atoms with van der Waals surface area (Å²) in [7, 11) is 1.62. The Morgan fingerprint density at radius 3 is 2.41 bits per heavy atom. The van der Waals surface area contributed by atoms with Crippen molar-refractivity contribution in [2.24, 2.45) is 4.99 Å². The first kappa shape index (κ1) is 24.7. The summed E-state index contributed by atoms with van der Waals surface area (Å²) in [4.78, 5) is 16.2. The number of carbonyl (C=O) groups excluding carboxylic acids is 1. The second-order valence-electron chi connectivity index (χ2n) is 6.55. The van der Waals surface area contributed by atoms with E-state index in [9.17, 15) is 4.79 Å². The Bertz CT molecular complexity index is 794. The lowest BCUT2D eigenvalue weighted by atomic mass is 10.1. The molecule has 29 heavy (non-hydrogen) atoms. The largest absolute Gasteiger partial charge is 0.489 e. The fraction of sp³-hybridized carbons (Fsp3) is 0.364. The van der Waals surface area contributed by atoms with Crippen LogP contribution in [0.4, 0.5) is 0 Å². The fourth-order valence-electron chi connectivity index (χ4n) is 2.61. The third-order valence-corrected chi connectivity index (χ3v) is 4.19. The summed E-state index contributed by atoms with van der Waals surface area (Å²) < 4.78 is 6.00. The highest BCUT2D eigenvalue weighted by Crippen LogP contribution is 2.17. The van der Waals surface area contributed by atoms with Crippen LogP contribution < -0.4 is 20.7 Å². The molecule has 1 unspecified atom stereocenters. The molecular formula is C22H31IN4O2. The molecule has 0 aliphatic carbocycles. The van der Waals surface area contributed by atoms with Gasteiger partial charge in [-0.2, -0.15) is 0 Å². The lowest BCUT2D eigenvalue weighted by Crippen LogP contribution is -2.41. The van der Waals surface area contributed by atoms with Crippen LogP contribution in [-0.4, -0.2) is 38.1 Å². The highest BCUT2D eigenvalue weighted by molar-refractivity contribution is 14.0. The van der Waals surface area contributed by atoms with Gasteiger partial charge >= 0.3 is 0 Å². The van der Waals surface area contributed by atoms with Gasteiger partial charge in [-0.1, -0.05) is 30.3 Å². The topological polar surface area (TPSA) is 74.8 Å². The van der Waals surface area contributed by atoms with Crippen molar-refractivity contribution in [1.82, 2.24) is 16.0 Å². The summed E-state index contributed by atoms with van der Waals surface area (Å²) >= 11 is 0. The molecule has 0 saturated carbocycles. The highest BCUT2D eigenvalue weighted by atomic mass is 127. The van der Waals surface area contributed by atoms with Crippen molar-refractivity contribution in [3.05, 3.63) is 65.2 Å². The average molecular weight is 510 g/mol. The van der Waals surface area contributed by atoms with Gasteiger partial charge in [-0.25, -0.2) is 4.99 Å². The van der Waals surface area contributed by atoms with Crippen molar-refractivity contribution >= 4 is 35.8 Å². The van der Waals surface area contributed by atoms with Crippen molar-refractivity contribution < 1.29 is 9.53 Å². The molecule has 1 amide bonds. The number of aliphatic imine (C=N–C) groups is 1. The Morgan fingerprint density at radius 1 is 1.10 bits per heavy atom. The Kier molecular flexibility index (Phi) is 11.1.